The third-order valence-corrected chi connectivity index (χ3v) is 3.29. The molecule has 0 spiro atoms. The van der Waals surface area contributed by atoms with Gasteiger partial charge >= 0.3 is 0 Å². The fourth-order valence-corrected chi connectivity index (χ4v) is 2.21. The fraction of sp³-hybridized carbons (Fsp3) is 0.938. The van der Waals surface area contributed by atoms with Crippen LogP contribution in [0.2, 0.25) is 0 Å². The largest absolute Gasteiger partial charge is 0.481 e. The Balaban J connectivity index is 0.000000796. The monoisotopic (exact) mass is 288 g/mol. The summed E-state index contributed by atoms with van der Waals surface area (Å²) in [6.07, 6.45) is 16.2. The molecule has 1 N–H and O–H groups in total. The van der Waals surface area contributed by atoms with E-state index in [0.29, 0.717) is 0 Å². The molecule has 0 bridgehead atoms. The van der Waals surface area contributed by atoms with Crippen LogP contribution in [0.1, 0.15) is 84.0 Å². The molecule has 1 aliphatic heterocycles. The lowest BCUT2D eigenvalue weighted by Gasteiger charge is -2.06. The Morgan fingerprint density at radius 2 is 0.850 bits per heavy atom. The first-order valence-electron chi connectivity index (χ1n) is 8.17. The normalized spacial score (nSPS) is 20.4. The van der Waals surface area contributed by atoms with Gasteiger partial charge in [0.15, 0.2) is 0 Å². The molecule has 0 unspecified atom stereocenters. The van der Waals surface area contributed by atoms with Gasteiger partial charge in [-0.05, 0) is 12.8 Å². The van der Waals surface area contributed by atoms with E-state index in [1.165, 1.54) is 64.2 Å². The lowest BCUT2D eigenvalue weighted by atomic mass is 10.1. The van der Waals surface area contributed by atoms with E-state index in [-0.39, 0.29) is 0 Å². The van der Waals surface area contributed by atoms with E-state index in [2.05, 4.69) is 0 Å². The second-order valence-electron chi connectivity index (χ2n) is 5.41. The summed E-state index contributed by atoms with van der Waals surface area (Å²) in [6.45, 7) is 2.64. The fourth-order valence-electron chi connectivity index (χ4n) is 2.21. The summed E-state index contributed by atoms with van der Waals surface area (Å²) < 4.78 is 0. The summed E-state index contributed by atoms with van der Waals surface area (Å²) in [6, 6.07) is 0. The Hall–Kier alpha value is -0.610. The number of carbonyl (C=O) groups is 1. The van der Waals surface area contributed by atoms with Crippen molar-refractivity contribution in [2.75, 3.05) is 13.2 Å². The molecule has 0 radical (unpaired) electrons. The smallest absolute Gasteiger partial charge is 0.300 e. The van der Waals surface area contributed by atoms with Crippen LogP contribution in [0.3, 0.4) is 0 Å². The van der Waals surface area contributed by atoms with Gasteiger partial charge in [0.25, 0.3) is 5.97 Å². The van der Waals surface area contributed by atoms with Crippen LogP contribution in [-0.4, -0.2) is 24.3 Å². The van der Waals surface area contributed by atoms with Crippen molar-refractivity contribution >= 4 is 5.97 Å². The van der Waals surface area contributed by atoms with Gasteiger partial charge in [0.1, 0.15) is 0 Å². The van der Waals surface area contributed by atoms with Gasteiger partial charge in [0.05, 0.1) is 13.2 Å². The van der Waals surface area contributed by atoms with E-state index in [0.717, 1.165) is 33.0 Å². The van der Waals surface area contributed by atoms with Crippen molar-refractivity contribution in [2.45, 2.75) is 84.0 Å². The highest BCUT2D eigenvalue weighted by Gasteiger charge is 1.96. The van der Waals surface area contributed by atoms with Crippen LogP contribution in [0.4, 0.5) is 0 Å². The molecular weight excluding hydrogens is 256 g/mol. The molecule has 0 saturated carbocycles. The van der Waals surface area contributed by atoms with Crippen LogP contribution in [0.5, 0.6) is 0 Å². The highest BCUT2D eigenvalue weighted by atomic mass is 17.2. The van der Waals surface area contributed by atoms with Crippen molar-refractivity contribution in [3.63, 3.8) is 0 Å². The molecule has 1 rings (SSSR count). The molecule has 1 aliphatic rings. The lowest BCUT2D eigenvalue weighted by molar-refractivity contribution is -0.295. The van der Waals surface area contributed by atoms with Gasteiger partial charge in [-0.25, -0.2) is 9.78 Å². The molecule has 4 heteroatoms. The Morgan fingerprint density at radius 1 is 0.650 bits per heavy atom. The van der Waals surface area contributed by atoms with E-state index in [1.54, 1.807) is 0 Å². The lowest BCUT2D eigenvalue weighted by Crippen LogP contribution is -1.99. The van der Waals surface area contributed by atoms with Crippen molar-refractivity contribution in [1.29, 1.82) is 0 Å². The summed E-state index contributed by atoms with van der Waals surface area (Å²) in [7, 11) is 0. The van der Waals surface area contributed by atoms with Gasteiger partial charge in [-0.2, -0.15) is 0 Å². The Labute approximate surface area is 123 Å². The highest BCUT2D eigenvalue weighted by molar-refractivity contribution is 5.62. The summed E-state index contributed by atoms with van der Waals surface area (Å²) in [5.74, 6) is -0.833. The molecule has 0 aliphatic carbocycles. The number of rotatable bonds is 0. The minimum absolute atomic E-state index is 0.778. The average molecular weight is 288 g/mol. The van der Waals surface area contributed by atoms with E-state index in [9.17, 15) is 0 Å². The summed E-state index contributed by atoms with van der Waals surface area (Å²) >= 11 is 0. The third-order valence-electron chi connectivity index (χ3n) is 3.29. The maximum Gasteiger partial charge on any atom is 0.300 e. The molecule has 1 fully saturated rings. The zero-order valence-corrected chi connectivity index (χ0v) is 13.1. The predicted molar refractivity (Wildman–Crippen MR) is 80.6 cm³/mol. The van der Waals surface area contributed by atoms with Crippen LogP contribution in [0.15, 0.2) is 0 Å². The average Bonchev–Trinajstić information content (AvgIpc) is 2.38. The summed E-state index contributed by atoms with van der Waals surface area (Å²) in [5.41, 5.74) is 0. The standard InChI is InChI=1S/C14H28O2.C2H4O2/c1-2-4-6-8-10-12-14-16-15-13-11-9-7-5-3-1;1-2(3)4/h1-14H2;1H3,(H,3,4). The zero-order chi connectivity index (χ0) is 14.9. The first kappa shape index (κ1) is 19.4. The Morgan fingerprint density at radius 3 is 1.10 bits per heavy atom. The van der Waals surface area contributed by atoms with Gasteiger partial charge in [0, 0.05) is 6.92 Å². The zero-order valence-electron chi connectivity index (χ0n) is 13.1. The third kappa shape index (κ3) is 19.7. The van der Waals surface area contributed by atoms with Gasteiger partial charge < -0.3 is 5.11 Å². The topological polar surface area (TPSA) is 55.8 Å². The van der Waals surface area contributed by atoms with Crippen molar-refractivity contribution < 1.29 is 19.7 Å². The highest BCUT2D eigenvalue weighted by Crippen LogP contribution is 2.12. The molecule has 1 saturated heterocycles. The van der Waals surface area contributed by atoms with E-state index in [4.69, 9.17) is 19.7 Å². The van der Waals surface area contributed by atoms with E-state index < -0.39 is 5.97 Å². The number of aliphatic carboxylic acids is 1. The quantitative estimate of drug-likeness (QED) is 0.655. The first-order valence-corrected chi connectivity index (χ1v) is 8.17. The number of carboxylic acid groups (broad SMARTS) is 1. The predicted octanol–water partition coefficient (Wildman–Crippen LogP) is 4.72. The van der Waals surface area contributed by atoms with E-state index >= 15 is 0 Å². The van der Waals surface area contributed by atoms with Crippen LogP contribution in [-0.2, 0) is 14.6 Å². The molecule has 0 aromatic carbocycles. The van der Waals surface area contributed by atoms with Gasteiger partial charge in [-0.1, -0.05) is 64.2 Å². The number of hydrogen-bond acceptors (Lipinski definition) is 3. The molecule has 0 amide bonds. The minimum atomic E-state index is -0.833. The summed E-state index contributed by atoms with van der Waals surface area (Å²) in [4.78, 5) is 19.3. The van der Waals surface area contributed by atoms with Crippen molar-refractivity contribution in [2.24, 2.45) is 0 Å². The first-order chi connectivity index (χ1) is 9.73. The Kier molecular flexibility index (Phi) is 15.9. The molecular formula is C16H32O4. The van der Waals surface area contributed by atoms with Crippen molar-refractivity contribution in [1.82, 2.24) is 0 Å². The SMILES string of the molecule is C1CCCCCCCOOCCCCCC1.CC(=O)O. The second kappa shape index (κ2) is 16.4. The molecule has 120 valence electrons. The van der Waals surface area contributed by atoms with Gasteiger partial charge in [-0.15, -0.1) is 0 Å². The molecule has 1 heterocycles. The van der Waals surface area contributed by atoms with Crippen LogP contribution >= 0.6 is 0 Å². The molecule has 20 heavy (non-hydrogen) atoms. The van der Waals surface area contributed by atoms with Crippen molar-refractivity contribution in [3.05, 3.63) is 0 Å². The van der Waals surface area contributed by atoms with Crippen LogP contribution in [0.25, 0.3) is 0 Å². The molecule has 4 nitrogen and oxygen atoms in total. The minimum Gasteiger partial charge on any atom is -0.481 e. The van der Waals surface area contributed by atoms with Gasteiger partial charge in [-0.3, -0.25) is 4.79 Å². The molecule has 0 aromatic rings. The van der Waals surface area contributed by atoms with E-state index in [1.807, 2.05) is 0 Å². The maximum absolute atomic E-state index is 9.00. The molecule has 0 atom stereocenters. The van der Waals surface area contributed by atoms with Crippen molar-refractivity contribution in [3.8, 4) is 0 Å². The number of hydrogen-bond donors (Lipinski definition) is 1. The summed E-state index contributed by atoms with van der Waals surface area (Å²) in [5, 5.41) is 7.42. The van der Waals surface area contributed by atoms with Crippen LogP contribution in [0, 0.1) is 0 Å². The van der Waals surface area contributed by atoms with Crippen LogP contribution < -0.4 is 0 Å². The molecule has 0 aromatic heterocycles. The Bertz CT molecular complexity index is 139. The van der Waals surface area contributed by atoms with Gasteiger partial charge in [0.2, 0.25) is 0 Å². The maximum atomic E-state index is 9.00. The number of carboxylic acids is 1. The second-order valence-corrected chi connectivity index (χ2v) is 5.41.